The van der Waals surface area contributed by atoms with E-state index in [9.17, 15) is 0 Å². The van der Waals surface area contributed by atoms with Gasteiger partial charge < -0.3 is 10.3 Å². The maximum Gasteiger partial charge on any atom is 0.124 e. The Bertz CT molecular complexity index is 364. The van der Waals surface area contributed by atoms with E-state index < -0.39 is 0 Å². The first kappa shape index (κ1) is 8.01. The minimum atomic E-state index is 0.569. The summed E-state index contributed by atoms with van der Waals surface area (Å²) in [6.45, 7) is 0.569. The number of benzene rings is 1. The molecule has 2 rings (SSSR count). The molecule has 3 heteroatoms. The van der Waals surface area contributed by atoms with Gasteiger partial charge in [0, 0.05) is 18.2 Å². The summed E-state index contributed by atoms with van der Waals surface area (Å²) in [7, 11) is 0. The molecule has 2 N–H and O–H groups in total. The van der Waals surface area contributed by atoms with Crippen LogP contribution in [0.2, 0.25) is 0 Å². The molecule has 0 radical (unpaired) electrons. The van der Waals surface area contributed by atoms with Gasteiger partial charge in [-0.15, -0.1) is 0 Å². The molecule has 0 saturated heterocycles. The van der Waals surface area contributed by atoms with Crippen LogP contribution in [0.15, 0.2) is 41.1 Å². The lowest BCUT2D eigenvalue weighted by Gasteiger charge is -1.97. The number of hydrogen-bond acceptors (Lipinski definition) is 3. The highest BCUT2D eigenvalue weighted by Crippen LogP contribution is 2.16. The zero-order valence-corrected chi connectivity index (χ0v) is 7.10. The van der Waals surface area contributed by atoms with Gasteiger partial charge in [-0.3, -0.25) is 0 Å². The van der Waals surface area contributed by atoms with E-state index >= 15 is 0 Å². The van der Waals surface area contributed by atoms with E-state index in [1.165, 1.54) is 0 Å². The lowest BCUT2D eigenvalue weighted by Crippen LogP contribution is -1.95. The molecule has 0 saturated carbocycles. The zero-order valence-electron chi connectivity index (χ0n) is 7.10. The molecule has 0 atom stereocenters. The average Bonchev–Trinajstić information content (AvgIpc) is 2.71. The topological polar surface area (TPSA) is 52.0 Å². The van der Waals surface area contributed by atoms with Gasteiger partial charge >= 0.3 is 0 Å². The number of nitrogens with zero attached hydrogens (tertiary/aromatic N) is 1. The first-order chi connectivity index (χ1) is 6.40. The Labute approximate surface area is 76.2 Å². The number of hydrogen-bond donors (Lipinski definition) is 1. The van der Waals surface area contributed by atoms with E-state index in [1.807, 2.05) is 30.3 Å². The summed E-state index contributed by atoms with van der Waals surface area (Å²) in [5, 5.41) is 3.84. The zero-order chi connectivity index (χ0) is 9.10. The molecule has 0 unspecified atom stereocenters. The van der Waals surface area contributed by atoms with E-state index in [1.54, 1.807) is 6.26 Å². The normalized spacial score (nSPS) is 10.2. The van der Waals surface area contributed by atoms with Crippen molar-refractivity contribution in [1.82, 2.24) is 5.16 Å². The van der Waals surface area contributed by atoms with Gasteiger partial charge in [0.05, 0.1) is 0 Å². The predicted octanol–water partition coefficient (Wildman–Crippen LogP) is 1.80. The summed E-state index contributed by atoms with van der Waals surface area (Å²) in [5.74, 6) is 0. The molecule has 13 heavy (non-hydrogen) atoms. The van der Waals surface area contributed by atoms with Crippen LogP contribution in [-0.2, 0) is 6.54 Å². The quantitative estimate of drug-likeness (QED) is 0.755. The van der Waals surface area contributed by atoms with Crippen LogP contribution in [0.4, 0.5) is 0 Å². The van der Waals surface area contributed by atoms with Gasteiger partial charge in [-0.05, 0) is 5.56 Å². The fourth-order valence-corrected chi connectivity index (χ4v) is 1.17. The Hall–Kier alpha value is -1.61. The van der Waals surface area contributed by atoms with Crippen molar-refractivity contribution in [2.75, 3.05) is 0 Å². The van der Waals surface area contributed by atoms with Gasteiger partial charge in [0.2, 0.25) is 0 Å². The highest BCUT2D eigenvalue weighted by atomic mass is 16.5. The monoisotopic (exact) mass is 174 g/mol. The minimum absolute atomic E-state index is 0.569. The maximum absolute atomic E-state index is 5.48. The Morgan fingerprint density at radius 3 is 2.46 bits per heavy atom. The van der Waals surface area contributed by atoms with Crippen molar-refractivity contribution >= 4 is 0 Å². The second-order valence-electron chi connectivity index (χ2n) is 2.79. The van der Waals surface area contributed by atoms with Crippen LogP contribution >= 0.6 is 0 Å². The van der Waals surface area contributed by atoms with Crippen LogP contribution in [-0.4, -0.2) is 5.16 Å². The van der Waals surface area contributed by atoms with Crippen LogP contribution in [0.25, 0.3) is 11.3 Å². The molecule has 1 heterocycles. The van der Waals surface area contributed by atoms with E-state index in [2.05, 4.69) is 5.16 Å². The second kappa shape index (κ2) is 3.41. The second-order valence-corrected chi connectivity index (χ2v) is 2.79. The molecular weight excluding hydrogens is 164 g/mol. The lowest BCUT2D eigenvalue weighted by molar-refractivity contribution is 0.422. The molecule has 66 valence electrons. The summed E-state index contributed by atoms with van der Waals surface area (Å²) in [4.78, 5) is 0. The van der Waals surface area contributed by atoms with Crippen molar-refractivity contribution in [2.24, 2.45) is 5.73 Å². The number of nitrogens with two attached hydrogens (primary N) is 1. The molecular formula is C10H10N2O. The van der Waals surface area contributed by atoms with Crippen LogP contribution < -0.4 is 5.73 Å². The average molecular weight is 174 g/mol. The fraction of sp³-hybridized carbons (Fsp3) is 0.100. The van der Waals surface area contributed by atoms with Crippen molar-refractivity contribution in [2.45, 2.75) is 6.54 Å². The summed E-state index contributed by atoms with van der Waals surface area (Å²) >= 11 is 0. The van der Waals surface area contributed by atoms with Crippen molar-refractivity contribution in [3.8, 4) is 11.3 Å². The van der Waals surface area contributed by atoms with E-state index in [4.69, 9.17) is 10.3 Å². The number of aromatic nitrogens is 1. The van der Waals surface area contributed by atoms with Gasteiger partial charge in [0.15, 0.2) is 0 Å². The Morgan fingerprint density at radius 2 is 1.92 bits per heavy atom. The first-order valence-corrected chi connectivity index (χ1v) is 4.10. The standard InChI is InChI=1S/C10H10N2O/c11-7-8-1-3-9(4-2-8)10-5-6-13-12-10/h1-6H,7,11H2. The summed E-state index contributed by atoms with van der Waals surface area (Å²) in [6.07, 6.45) is 1.56. The third-order valence-electron chi connectivity index (χ3n) is 1.92. The Morgan fingerprint density at radius 1 is 1.15 bits per heavy atom. The third-order valence-corrected chi connectivity index (χ3v) is 1.92. The van der Waals surface area contributed by atoms with Crippen molar-refractivity contribution < 1.29 is 4.52 Å². The van der Waals surface area contributed by atoms with Gasteiger partial charge in [0.1, 0.15) is 12.0 Å². The van der Waals surface area contributed by atoms with E-state index in [-0.39, 0.29) is 0 Å². The Balaban J connectivity index is 2.33. The smallest absolute Gasteiger partial charge is 0.124 e. The largest absolute Gasteiger partial charge is 0.364 e. The molecule has 1 aromatic carbocycles. The molecule has 0 fully saturated rings. The van der Waals surface area contributed by atoms with Gasteiger partial charge in [0.25, 0.3) is 0 Å². The van der Waals surface area contributed by atoms with Crippen LogP contribution in [0.5, 0.6) is 0 Å². The van der Waals surface area contributed by atoms with Crippen molar-refractivity contribution in [3.05, 3.63) is 42.2 Å². The van der Waals surface area contributed by atoms with Crippen LogP contribution in [0, 0.1) is 0 Å². The van der Waals surface area contributed by atoms with Crippen molar-refractivity contribution in [1.29, 1.82) is 0 Å². The summed E-state index contributed by atoms with van der Waals surface area (Å²) < 4.78 is 4.75. The molecule has 0 spiro atoms. The van der Waals surface area contributed by atoms with Crippen LogP contribution in [0.3, 0.4) is 0 Å². The lowest BCUT2D eigenvalue weighted by atomic mass is 10.1. The molecule has 0 amide bonds. The summed E-state index contributed by atoms with van der Waals surface area (Å²) in [6, 6.07) is 9.78. The third kappa shape index (κ3) is 1.60. The highest BCUT2D eigenvalue weighted by molar-refractivity contribution is 5.58. The first-order valence-electron chi connectivity index (χ1n) is 4.10. The van der Waals surface area contributed by atoms with E-state index in [0.29, 0.717) is 6.54 Å². The maximum atomic E-state index is 5.48. The molecule has 0 aliphatic heterocycles. The van der Waals surface area contributed by atoms with Crippen molar-refractivity contribution in [3.63, 3.8) is 0 Å². The minimum Gasteiger partial charge on any atom is -0.364 e. The molecule has 0 bridgehead atoms. The SMILES string of the molecule is NCc1ccc(-c2ccon2)cc1. The van der Waals surface area contributed by atoms with Gasteiger partial charge in [-0.1, -0.05) is 29.4 Å². The fourth-order valence-electron chi connectivity index (χ4n) is 1.17. The molecule has 3 nitrogen and oxygen atoms in total. The molecule has 1 aromatic heterocycles. The highest BCUT2D eigenvalue weighted by Gasteiger charge is 1.99. The number of rotatable bonds is 2. The predicted molar refractivity (Wildman–Crippen MR) is 49.8 cm³/mol. The molecule has 0 aliphatic rings. The summed E-state index contributed by atoms with van der Waals surface area (Å²) in [5.41, 5.74) is 8.50. The van der Waals surface area contributed by atoms with E-state index in [0.717, 1.165) is 16.8 Å². The van der Waals surface area contributed by atoms with Crippen LogP contribution in [0.1, 0.15) is 5.56 Å². The molecule has 0 aliphatic carbocycles. The Kier molecular flexibility index (Phi) is 2.10. The van der Waals surface area contributed by atoms with Gasteiger partial charge in [-0.2, -0.15) is 0 Å². The molecule has 2 aromatic rings. The van der Waals surface area contributed by atoms with Gasteiger partial charge in [-0.25, -0.2) is 0 Å².